The van der Waals surface area contributed by atoms with Crippen LogP contribution in [0.5, 0.6) is 0 Å². The van der Waals surface area contributed by atoms with Crippen LogP contribution in [-0.4, -0.2) is 62.7 Å². The Kier molecular flexibility index (Phi) is 5.29. The van der Waals surface area contributed by atoms with E-state index >= 15 is 0 Å². The van der Waals surface area contributed by atoms with Gasteiger partial charge in [-0.05, 0) is 58.7 Å². The van der Waals surface area contributed by atoms with Crippen molar-refractivity contribution in [3.8, 4) is 0 Å². The zero-order valence-corrected chi connectivity index (χ0v) is 17.7. The highest BCUT2D eigenvalue weighted by molar-refractivity contribution is 9.10. The molecule has 0 radical (unpaired) electrons. The van der Waals surface area contributed by atoms with E-state index in [9.17, 15) is 13.2 Å². The molecule has 0 saturated carbocycles. The average molecular weight is 465 g/mol. The van der Waals surface area contributed by atoms with Crippen LogP contribution in [-0.2, 0) is 10.0 Å². The summed E-state index contributed by atoms with van der Waals surface area (Å²) in [5.41, 5.74) is 1.20. The lowest BCUT2D eigenvalue weighted by molar-refractivity contribution is 0.0746. The minimum Gasteiger partial charge on any atom is -0.353 e. The molecule has 148 valence electrons. The van der Waals surface area contributed by atoms with Gasteiger partial charge >= 0.3 is 0 Å². The number of aromatic nitrogens is 1. The van der Waals surface area contributed by atoms with Gasteiger partial charge in [-0.1, -0.05) is 0 Å². The minimum absolute atomic E-state index is 0.0285. The molecule has 0 bridgehead atoms. The van der Waals surface area contributed by atoms with Crippen molar-refractivity contribution in [2.45, 2.75) is 6.42 Å². The fraction of sp³-hybridized carbons (Fsp3) is 0.368. The summed E-state index contributed by atoms with van der Waals surface area (Å²) < 4.78 is 26.4. The number of hydrogen-bond donors (Lipinski definition) is 0. The highest BCUT2D eigenvalue weighted by atomic mass is 79.9. The standard InChI is InChI=1S/C19H21BrN4O3S/c20-16-4-7-18(21-14-16)22-9-11-23(12-10-22)19(25)15-2-5-17(6-3-15)24-8-1-13-28(24,26)27/h2-7,14H,1,8-13H2. The van der Waals surface area contributed by atoms with Gasteiger partial charge in [0, 0.05) is 49.0 Å². The van der Waals surface area contributed by atoms with Crippen molar-refractivity contribution in [1.82, 2.24) is 9.88 Å². The topological polar surface area (TPSA) is 73.8 Å². The van der Waals surface area contributed by atoms with E-state index in [1.165, 1.54) is 4.31 Å². The van der Waals surface area contributed by atoms with Crippen molar-refractivity contribution >= 4 is 43.4 Å². The van der Waals surface area contributed by atoms with E-state index in [4.69, 9.17) is 0 Å². The molecule has 3 heterocycles. The van der Waals surface area contributed by atoms with Gasteiger partial charge in [0.25, 0.3) is 5.91 Å². The maximum Gasteiger partial charge on any atom is 0.253 e. The van der Waals surface area contributed by atoms with E-state index in [1.807, 2.05) is 17.0 Å². The summed E-state index contributed by atoms with van der Waals surface area (Å²) in [6, 6.07) is 10.8. The summed E-state index contributed by atoms with van der Waals surface area (Å²) in [6.45, 7) is 3.20. The van der Waals surface area contributed by atoms with Crippen molar-refractivity contribution in [3.05, 3.63) is 52.6 Å². The number of anilines is 2. The van der Waals surface area contributed by atoms with Crippen molar-refractivity contribution in [2.75, 3.05) is 47.7 Å². The third-order valence-electron chi connectivity index (χ3n) is 5.10. The van der Waals surface area contributed by atoms with Gasteiger partial charge in [-0.2, -0.15) is 0 Å². The molecule has 4 rings (SSSR count). The zero-order chi connectivity index (χ0) is 19.7. The fourth-order valence-electron chi connectivity index (χ4n) is 3.58. The first-order chi connectivity index (χ1) is 13.4. The molecule has 7 nitrogen and oxygen atoms in total. The molecule has 0 N–H and O–H groups in total. The van der Waals surface area contributed by atoms with Crippen LogP contribution >= 0.6 is 15.9 Å². The Labute approximate surface area is 173 Å². The molecule has 1 aromatic carbocycles. The van der Waals surface area contributed by atoms with Crippen LogP contribution in [0.2, 0.25) is 0 Å². The molecule has 28 heavy (non-hydrogen) atoms. The number of hydrogen-bond acceptors (Lipinski definition) is 5. The number of carbonyl (C=O) groups is 1. The van der Waals surface area contributed by atoms with Crippen LogP contribution in [0, 0.1) is 0 Å². The Morgan fingerprint density at radius 1 is 0.964 bits per heavy atom. The lowest BCUT2D eigenvalue weighted by atomic mass is 10.1. The number of halogens is 1. The van der Waals surface area contributed by atoms with Crippen molar-refractivity contribution in [1.29, 1.82) is 0 Å². The van der Waals surface area contributed by atoms with Gasteiger partial charge in [-0.25, -0.2) is 13.4 Å². The third kappa shape index (κ3) is 3.86. The highest BCUT2D eigenvalue weighted by Crippen LogP contribution is 2.25. The molecule has 2 aromatic rings. The summed E-state index contributed by atoms with van der Waals surface area (Å²) in [7, 11) is -3.21. The first-order valence-corrected chi connectivity index (χ1v) is 11.6. The van der Waals surface area contributed by atoms with Crippen LogP contribution in [0.25, 0.3) is 0 Å². The predicted octanol–water partition coefficient (Wildman–Crippen LogP) is 2.35. The van der Waals surface area contributed by atoms with Gasteiger partial charge in [-0.3, -0.25) is 9.10 Å². The lowest BCUT2D eigenvalue weighted by Crippen LogP contribution is -2.49. The van der Waals surface area contributed by atoms with Crippen molar-refractivity contribution in [2.24, 2.45) is 0 Å². The van der Waals surface area contributed by atoms with Gasteiger partial charge in [0.15, 0.2) is 0 Å². The molecule has 2 aliphatic heterocycles. The van der Waals surface area contributed by atoms with E-state index in [0.29, 0.717) is 37.3 Å². The summed E-state index contributed by atoms with van der Waals surface area (Å²) in [6.07, 6.45) is 2.41. The lowest BCUT2D eigenvalue weighted by Gasteiger charge is -2.35. The second-order valence-corrected chi connectivity index (χ2v) is 9.83. The Morgan fingerprint density at radius 3 is 2.25 bits per heavy atom. The van der Waals surface area contributed by atoms with Crippen LogP contribution in [0.4, 0.5) is 11.5 Å². The molecular weight excluding hydrogens is 444 g/mol. The van der Waals surface area contributed by atoms with Gasteiger partial charge in [0.2, 0.25) is 10.0 Å². The predicted molar refractivity (Wildman–Crippen MR) is 112 cm³/mol. The Balaban J connectivity index is 1.39. The SMILES string of the molecule is O=C(c1ccc(N2CCCS2(=O)=O)cc1)N1CCN(c2ccc(Br)cn2)CC1. The number of benzene rings is 1. The molecule has 2 aliphatic rings. The Morgan fingerprint density at radius 2 is 1.68 bits per heavy atom. The molecule has 1 amide bonds. The van der Waals surface area contributed by atoms with Gasteiger partial charge < -0.3 is 9.80 Å². The molecule has 2 fully saturated rings. The number of nitrogens with zero attached hydrogens (tertiary/aromatic N) is 4. The molecule has 1 aromatic heterocycles. The van der Waals surface area contributed by atoms with E-state index in [0.717, 1.165) is 23.4 Å². The smallest absolute Gasteiger partial charge is 0.253 e. The van der Waals surface area contributed by atoms with Crippen LogP contribution < -0.4 is 9.21 Å². The number of piperazine rings is 1. The molecule has 0 spiro atoms. The zero-order valence-electron chi connectivity index (χ0n) is 15.3. The van der Waals surface area contributed by atoms with Crippen molar-refractivity contribution < 1.29 is 13.2 Å². The van der Waals surface area contributed by atoms with E-state index in [2.05, 4.69) is 25.8 Å². The highest BCUT2D eigenvalue weighted by Gasteiger charge is 2.29. The van der Waals surface area contributed by atoms with Gasteiger partial charge in [0.1, 0.15) is 5.82 Å². The number of rotatable bonds is 3. The average Bonchev–Trinajstić information content (AvgIpc) is 3.07. The Bertz CT molecular complexity index is 956. The molecule has 2 saturated heterocycles. The molecular formula is C19H21BrN4O3S. The number of carbonyl (C=O) groups excluding carboxylic acids is 1. The quantitative estimate of drug-likeness (QED) is 0.696. The van der Waals surface area contributed by atoms with Crippen LogP contribution in [0.1, 0.15) is 16.8 Å². The van der Waals surface area contributed by atoms with E-state index in [-0.39, 0.29) is 11.7 Å². The molecule has 0 unspecified atom stereocenters. The second-order valence-electron chi connectivity index (χ2n) is 6.90. The second kappa shape index (κ2) is 7.71. The van der Waals surface area contributed by atoms with E-state index in [1.54, 1.807) is 30.5 Å². The van der Waals surface area contributed by atoms with Crippen molar-refractivity contribution in [3.63, 3.8) is 0 Å². The summed E-state index contributed by atoms with van der Waals surface area (Å²) in [5.74, 6) is 1.07. The molecule has 0 atom stereocenters. The largest absolute Gasteiger partial charge is 0.353 e. The van der Waals surface area contributed by atoms with Gasteiger partial charge in [-0.15, -0.1) is 0 Å². The van der Waals surface area contributed by atoms with E-state index < -0.39 is 10.0 Å². The first kappa shape index (κ1) is 19.2. The molecule has 0 aliphatic carbocycles. The maximum absolute atomic E-state index is 12.8. The van der Waals surface area contributed by atoms with Crippen LogP contribution in [0.15, 0.2) is 47.1 Å². The normalized spacial score (nSPS) is 19.1. The Hall–Kier alpha value is -2.13. The number of pyridine rings is 1. The summed E-state index contributed by atoms with van der Waals surface area (Å²) >= 11 is 3.39. The first-order valence-electron chi connectivity index (χ1n) is 9.20. The summed E-state index contributed by atoms with van der Waals surface area (Å²) in [4.78, 5) is 21.2. The summed E-state index contributed by atoms with van der Waals surface area (Å²) in [5, 5.41) is 0. The monoisotopic (exact) mass is 464 g/mol. The molecule has 9 heteroatoms. The third-order valence-corrected chi connectivity index (χ3v) is 7.44. The fourth-order valence-corrected chi connectivity index (χ4v) is 5.38. The number of amides is 1. The maximum atomic E-state index is 12.8. The van der Waals surface area contributed by atoms with Crippen LogP contribution in [0.3, 0.4) is 0 Å². The van der Waals surface area contributed by atoms with Gasteiger partial charge in [0.05, 0.1) is 11.4 Å². The minimum atomic E-state index is -3.21. The number of sulfonamides is 1.